The molecule has 4 rings (SSSR count). The van der Waals surface area contributed by atoms with Gasteiger partial charge in [-0.2, -0.15) is 0 Å². The Hall–Kier alpha value is -2.59. The van der Waals surface area contributed by atoms with Crippen molar-refractivity contribution in [2.45, 2.75) is 50.6 Å². The average Bonchev–Trinajstić information content (AvgIpc) is 3.55. The second-order valence-corrected chi connectivity index (χ2v) is 8.69. The van der Waals surface area contributed by atoms with Crippen molar-refractivity contribution in [3.05, 3.63) is 23.8 Å². The minimum absolute atomic E-state index is 0.0971. The van der Waals surface area contributed by atoms with Crippen LogP contribution < -0.4 is 16.0 Å². The normalized spacial score (nSPS) is 20.4. The highest BCUT2D eigenvalue weighted by atomic mass is 19.3. The lowest BCUT2D eigenvalue weighted by molar-refractivity contribution is -0.133. The van der Waals surface area contributed by atoms with Gasteiger partial charge in [-0.05, 0) is 49.8 Å². The van der Waals surface area contributed by atoms with Gasteiger partial charge in [-0.3, -0.25) is 19.3 Å². The molecule has 0 radical (unpaired) electrons. The van der Waals surface area contributed by atoms with Crippen molar-refractivity contribution < 1.29 is 27.9 Å². The van der Waals surface area contributed by atoms with Gasteiger partial charge < -0.3 is 20.7 Å². The number of benzene rings is 1. The molecule has 2 saturated carbocycles. The van der Waals surface area contributed by atoms with Gasteiger partial charge >= 0.3 is 0 Å². The third-order valence-corrected chi connectivity index (χ3v) is 6.38. The minimum Gasteiger partial charge on any atom is -0.370 e. The van der Waals surface area contributed by atoms with Crippen molar-refractivity contribution in [2.75, 3.05) is 36.5 Å². The molecule has 8 nitrogen and oxygen atoms in total. The molecule has 0 spiro atoms. The van der Waals surface area contributed by atoms with Gasteiger partial charge in [0.1, 0.15) is 6.61 Å². The van der Waals surface area contributed by atoms with Crippen molar-refractivity contribution in [1.82, 2.24) is 4.90 Å². The van der Waals surface area contributed by atoms with Crippen LogP contribution in [0.25, 0.3) is 0 Å². The van der Waals surface area contributed by atoms with Crippen molar-refractivity contribution in [3.8, 4) is 0 Å². The van der Waals surface area contributed by atoms with Crippen LogP contribution in [0.1, 0.15) is 44.1 Å². The van der Waals surface area contributed by atoms with Gasteiger partial charge in [0, 0.05) is 36.1 Å². The molecule has 32 heavy (non-hydrogen) atoms. The number of nitrogens with zero attached hydrogens (tertiary/aromatic N) is 2. The fourth-order valence-electron chi connectivity index (χ4n) is 4.29. The first-order chi connectivity index (χ1) is 15.3. The second kappa shape index (κ2) is 9.50. The Kier molecular flexibility index (Phi) is 6.71. The number of ether oxygens (including phenoxy) is 1. The lowest BCUT2D eigenvalue weighted by Crippen LogP contribution is -2.54. The summed E-state index contributed by atoms with van der Waals surface area (Å²) in [4.78, 5) is 40.5. The van der Waals surface area contributed by atoms with E-state index >= 15 is 0 Å². The van der Waals surface area contributed by atoms with Crippen LogP contribution in [0.5, 0.6) is 0 Å². The van der Waals surface area contributed by atoms with E-state index in [1.165, 1.54) is 23.1 Å². The van der Waals surface area contributed by atoms with Crippen molar-refractivity contribution in [3.63, 3.8) is 0 Å². The average molecular weight is 450 g/mol. The summed E-state index contributed by atoms with van der Waals surface area (Å²) in [5.74, 6) is -1.39. The molecule has 1 atom stereocenters. The van der Waals surface area contributed by atoms with Crippen LogP contribution in [-0.4, -0.2) is 61.0 Å². The maximum absolute atomic E-state index is 13.8. The van der Waals surface area contributed by atoms with Crippen LogP contribution in [-0.2, 0) is 19.1 Å². The first-order valence-corrected chi connectivity index (χ1v) is 11.0. The van der Waals surface area contributed by atoms with Crippen LogP contribution in [0.4, 0.5) is 20.2 Å². The predicted molar refractivity (Wildman–Crippen MR) is 113 cm³/mol. The zero-order valence-corrected chi connectivity index (χ0v) is 17.8. The Morgan fingerprint density at radius 1 is 1.25 bits per heavy atom. The number of amides is 3. The summed E-state index contributed by atoms with van der Waals surface area (Å²) in [5, 5.41) is 2.50. The van der Waals surface area contributed by atoms with Crippen LogP contribution in [0, 0.1) is 5.92 Å². The molecule has 3 fully saturated rings. The molecule has 174 valence electrons. The van der Waals surface area contributed by atoms with Crippen molar-refractivity contribution in [1.29, 1.82) is 0 Å². The van der Waals surface area contributed by atoms with Gasteiger partial charge in [-0.15, -0.1) is 0 Å². The summed E-state index contributed by atoms with van der Waals surface area (Å²) >= 11 is 0. The summed E-state index contributed by atoms with van der Waals surface area (Å²) in [7, 11) is 0. The van der Waals surface area contributed by atoms with Gasteiger partial charge in [0.15, 0.2) is 6.04 Å². The molecule has 2 aliphatic carbocycles. The van der Waals surface area contributed by atoms with E-state index in [0.717, 1.165) is 32.1 Å². The monoisotopic (exact) mass is 450 g/mol. The lowest BCUT2D eigenvalue weighted by Gasteiger charge is -2.35. The molecule has 1 aliphatic heterocycles. The molecule has 0 unspecified atom stereocenters. The van der Waals surface area contributed by atoms with Crippen LogP contribution in [0.3, 0.4) is 0 Å². The number of hydrogen-bond acceptors (Lipinski definition) is 5. The number of carbonyl (C=O) groups is 3. The van der Waals surface area contributed by atoms with Crippen LogP contribution >= 0.6 is 0 Å². The van der Waals surface area contributed by atoms with Crippen LogP contribution in [0.2, 0.25) is 0 Å². The molecule has 0 bridgehead atoms. The third-order valence-electron chi connectivity index (χ3n) is 6.38. The largest absolute Gasteiger partial charge is 0.370 e. The van der Waals surface area contributed by atoms with Gasteiger partial charge in [-0.25, -0.2) is 8.78 Å². The van der Waals surface area contributed by atoms with E-state index in [9.17, 15) is 23.2 Å². The number of carbonyl (C=O) groups excluding carboxylic acids is 3. The molecular weight excluding hydrogens is 422 g/mol. The summed E-state index contributed by atoms with van der Waals surface area (Å²) < 4.78 is 32.7. The van der Waals surface area contributed by atoms with Gasteiger partial charge in [0.2, 0.25) is 5.91 Å². The number of morpholine rings is 1. The van der Waals surface area contributed by atoms with Crippen molar-refractivity contribution >= 4 is 29.1 Å². The molecule has 1 aromatic carbocycles. The molecule has 10 heteroatoms. The summed E-state index contributed by atoms with van der Waals surface area (Å²) in [5.41, 5.74) is 5.37. The maximum Gasteiger partial charge on any atom is 0.265 e. The Balaban J connectivity index is 1.54. The molecule has 1 saturated heterocycles. The minimum atomic E-state index is -2.89. The Morgan fingerprint density at radius 3 is 2.56 bits per heavy atom. The number of nitrogens with two attached hydrogens (primary N) is 1. The van der Waals surface area contributed by atoms with Crippen molar-refractivity contribution in [2.24, 2.45) is 11.7 Å². The highest BCUT2D eigenvalue weighted by molar-refractivity contribution is 6.10. The van der Waals surface area contributed by atoms with E-state index in [1.807, 2.05) is 4.90 Å². The van der Waals surface area contributed by atoms with E-state index in [-0.39, 0.29) is 30.8 Å². The summed E-state index contributed by atoms with van der Waals surface area (Å²) in [6.07, 6.45) is 2.11. The zero-order chi connectivity index (χ0) is 22.8. The third kappa shape index (κ3) is 4.91. The summed E-state index contributed by atoms with van der Waals surface area (Å²) in [6.45, 7) is 1.06. The number of alkyl halides is 2. The fraction of sp³-hybridized carbons (Fsp3) is 0.591. The van der Waals surface area contributed by atoms with E-state index in [0.29, 0.717) is 24.8 Å². The predicted octanol–water partition coefficient (Wildman–Crippen LogP) is 2.04. The molecular formula is C22H28F2N4O4. The quantitative estimate of drug-likeness (QED) is 0.561. The number of halogens is 2. The van der Waals surface area contributed by atoms with E-state index in [1.54, 1.807) is 0 Å². The smallest absolute Gasteiger partial charge is 0.265 e. The van der Waals surface area contributed by atoms with E-state index < -0.39 is 29.8 Å². The molecule has 1 heterocycles. The fourth-order valence-corrected chi connectivity index (χ4v) is 4.29. The van der Waals surface area contributed by atoms with Gasteiger partial charge in [0.05, 0.1) is 6.61 Å². The Labute approximate surface area is 185 Å². The standard InChI is InChI=1S/C22H28F2N4O4/c23-20(24)16-10-15(27-8-9-32-12-18(27)29)6-7-17(16)26-22(31)19(21(25)30)28(14-4-5-14)11-13-2-1-3-13/h6-7,10,13-14,19-20H,1-5,8-9,11-12H2,(H2,25,30)(H,26,31)/t19-/m1/s1. The number of anilines is 2. The van der Waals surface area contributed by atoms with E-state index in [2.05, 4.69) is 5.32 Å². The molecule has 3 amide bonds. The van der Waals surface area contributed by atoms with Gasteiger partial charge in [-0.1, -0.05) is 6.42 Å². The molecule has 1 aromatic rings. The molecule has 3 aliphatic rings. The molecule has 3 N–H and O–H groups in total. The second-order valence-electron chi connectivity index (χ2n) is 8.69. The Morgan fingerprint density at radius 2 is 2.00 bits per heavy atom. The first kappa shape index (κ1) is 22.6. The highest BCUT2D eigenvalue weighted by Gasteiger charge is 2.42. The SMILES string of the molecule is NC(=O)[C@H](C(=O)Nc1ccc(N2CCOCC2=O)cc1C(F)F)N(CC1CCC1)C1CC1. The number of nitrogens with one attached hydrogen (secondary N) is 1. The maximum atomic E-state index is 13.8. The first-order valence-electron chi connectivity index (χ1n) is 11.0. The van der Waals surface area contributed by atoms with Gasteiger partial charge in [0.25, 0.3) is 18.2 Å². The van der Waals surface area contributed by atoms with Crippen LogP contribution in [0.15, 0.2) is 18.2 Å². The van der Waals surface area contributed by atoms with E-state index in [4.69, 9.17) is 10.5 Å². The lowest BCUT2D eigenvalue weighted by atomic mass is 9.84. The topological polar surface area (TPSA) is 105 Å². The highest BCUT2D eigenvalue weighted by Crippen LogP contribution is 2.35. The summed E-state index contributed by atoms with van der Waals surface area (Å²) in [6, 6.07) is 2.92. The number of primary amides is 1. The molecule has 0 aromatic heterocycles. The number of hydrogen-bond donors (Lipinski definition) is 2. The zero-order valence-electron chi connectivity index (χ0n) is 17.8. The Bertz CT molecular complexity index is 889. The number of rotatable bonds is 9.